The highest BCUT2D eigenvalue weighted by Gasteiger charge is 2.34. The van der Waals surface area contributed by atoms with E-state index in [1.807, 2.05) is 0 Å². The van der Waals surface area contributed by atoms with E-state index in [1.165, 1.54) is 16.8 Å². The number of hydrogen-bond acceptors (Lipinski definition) is 5. The lowest BCUT2D eigenvalue weighted by atomic mass is 10.6. The minimum Gasteiger partial charge on any atom is -0.394 e. The van der Waals surface area contributed by atoms with Crippen molar-refractivity contribution in [3.05, 3.63) is 33.1 Å². The van der Waals surface area contributed by atoms with Crippen molar-refractivity contribution in [1.82, 2.24) is 9.55 Å². The number of nitrogens with one attached hydrogen (secondary N) is 1. The van der Waals surface area contributed by atoms with E-state index >= 15 is 0 Å². The lowest BCUT2D eigenvalue weighted by molar-refractivity contribution is -0.0459. The van der Waals surface area contributed by atoms with Gasteiger partial charge in [0.15, 0.2) is 0 Å². The molecule has 2 heterocycles. The minimum absolute atomic E-state index is 0.206. The standard InChI is InChI=1S/C9H12N2O5/c12-4-6-5(13)3-8(16-6)11-2-1-7(14)10-9(11)15/h1-2,5-6,8,12-13H,3-4H2,(H,10,14,15)/t5-,6+,8+/m0/s1/i3+1,4+1,5+1,6+1,8+1. The predicted molar refractivity (Wildman–Crippen MR) is 52.9 cm³/mol. The second-order valence-corrected chi connectivity index (χ2v) is 3.63. The van der Waals surface area contributed by atoms with Gasteiger partial charge in [-0.3, -0.25) is 14.3 Å². The molecule has 3 atom stereocenters. The van der Waals surface area contributed by atoms with Gasteiger partial charge < -0.3 is 14.9 Å². The van der Waals surface area contributed by atoms with Gasteiger partial charge in [0, 0.05) is 18.7 Å². The zero-order chi connectivity index (χ0) is 11.7. The number of hydrogen-bond donors (Lipinski definition) is 3. The van der Waals surface area contributed by atoms with Crippen LogP contribution in [0.1, 0.15) is 12.6 Å². The number of nitrogens with zero attached hydrogens (tertiary/aromatic N) is 1. The van der Waals surface area contributed by atoms with Crippen molar-refractivity contribution >= 4 is 0 Å². The average Bonchev–Trinajstić information content (AvgIpc) is 2.59. The van der Waals surface area contributed by atoms with Gasteiger partial charge >= 0.3 is 5.69 Å². The van der Waals surface area contributed by atoms with Crippen LogP contribution in [0.3, 0.4) is 0 Å². The number of aromatic amines is 1. The van der Waals surface area contributed by atoms with E-state index in [1.54, 1.807) is 0 Å². The van der Waals surface area contributed by atoms with Crippen molar-refractivity contribution in [2.75, 3.05) is 6.61 Å². The Kier molecular flexibility index (Phi) is 2.90. The predicted octanol–water partition coefficient (Wildman–Crippen LogP) is -1.82. The molecule has 1 aliphatic heterocycles. The van der Waals surface area contributed by atoms with Crippen molar-refractivity contribution < 1.29 is 14.9 Å². The van der Waals surface area contributed by atoms with Crippen LogP contribution in [0.15, 0.2) is 21.9 Å². The molecule has 0 aromatic carbocycles. The molecule has 1 fully saturated rings. The normalized spacial score (nSPS) is 29.5. The first kappa shape index (κ1) is 11.1. The fourth-order valence-electron chi connectivity index (χ4n) is 1.70. The molecule has 0 unspecified atom stereocenters. The van der Waals surface area contributed by atoms with Gasteiger partial charge in [0.1, 0.15) is 12.3 Å². The molecule has 88 valence electrons. The molecule has 0 bridgehead atoms. The summed E-state index contributed by atoms with van der Waals surface area (Å²) in [6.07, 6.45) is -0.649. The van der Waals surface area contributed by atoms with Crippen molar-refractivity contribution in [1.29, 1.82) is 0 Å². The van der Waals surface area contributed by atoms with Crippen LogP contribution in [0, 0.1) is 0 Å². The van der Waals surface area contributed by atoms with Gasteiger partial charge in [-0.1, -0.05) is 0 Å². The second kappa shape index (κ2) is 4.20. The van der Waals surface area contributed by atoms with Crippen LogP contribution >= 0.6 is 0 Å². The van der Waals surface area contributed by atoms with Crippen LogP contribution in [0.25, 0.3) is 0 Å². The SMILES string of the molecule is O=c1ccn([13C@H]2[13CH2][13C@H](O)[13C@@H]([13CH2]O)O2)c(=O)[nH]1. The second-order valence-electron chi connectivity index (χ2n) is 3.63. The number of aliphatic hydroxyl groups is 2. The molecule has 0 spiro atoms. The molecule has 7 heteroatoms. The lowest BCUT2D eigenvalue weighted by Crippen LogP contribution is -2.31. The third-order valence-corrected chi connectivity index (χ3v) is 2.55. The molecular formula is C9H12N2O5. The van der Waals surface area contributed by atoms with Crippen LogP contribution < -0.4 is 11.2 Å². The van der Waals surface area contributed by atoms with Gasteiger partial charge in [0.25, 0.3) is 5.56 Å². The maximum Gasteiger partial charge on any atom is 0.330 e. The van der Waals surface area contributed by atoms with Crippen molar-refractivity contribution in [2.24, 2.45) is 0 Å². The molecule has 2 rings (SSSR count). The highest BCUT2D eigenvalue weighted by molar-refractivity contribution is 4.88. The summed E-state index contributed by atoms with van der Waals surface area (Å²) < 4.78 is 6.45. The van der Waals surface area contributed by atoms with Gasteiger partial charge in [0.2, 0.25) is 0 Å². The summed E-state index contributed by atoms with van der Waals surface area (Å²) in [7, 11) is 0. The van der Waals surface area contributed by atoms with E-state index in [2.05, 4.69) is 4.98 Å². The lowest BCUT2D eigenvalue weighted by Gasteiger charge is -2.13. The summed E-state index contributed by atoms with van der Waals surface area (Å²) in [6, 6.07) is 1.20. The third-order valence-electron chi connectivity index (χ3n) is 2.55. The first-order valence-electron chi connectivity index (χ1n) is 4.87. The number of ether oxygens (including phenoxy) is 1. The fourth-order valence-corrected chi connectivity index (χ4v) is 1.70. The smallest absolute Gasteiger partial charge is 0.330 e. The van der Waals surface area contributed by atoms with E-state index < -0.39 is 29.7 Å². The van der Waals surface area contributed by atoms with Gasteiger partial charge in [-0.05, 0) is 0 Å². The summed E-state index contributed by atoms with van der Waals surface area (Å²) >= 11 is 0. The van der Waals surface area contributed by atoms with E-state index in [0.717, 1.165) is 0 Å². The molecule has 0 saturated carbocycles. The Morgan fingerprint density at radius 2 is 2.31 bits per heavy atom. The largest absolute Gasteiger partial charge is 0.394 e. The molecular weight excluding hydrogens is 221 g/mol. The number of aliphatic hydroxyl groups excluding tert-OH is 2. The van der Waals surface area contributed by atoms with Gasteiger partial charge in [-0.15, -0.1) is 0 Å². The molecule has 16 heavy (non-hydrogen) atoms. The first-order chi connectivity index (χ1) is 7.61. The quantitative estimate of drug-likeness (QED) is 0.521. The molecule has 1 aliphatic rings. The van der Waals surface area contributed by atoms with Crippen molar-refractivity contribution in [3.8, 4) is 0 Å². The molecule has 0 aliphatic carbocycles. The van der Waals surface area contributed by atoms with Gasteiger partial charge in [-0.2, -0.15) is 0 Å². The molecule has 3 N–H and O–H groups in total. The Morgan fingerprint density at radius 3 is 2.88 bits per heavy atom. The number of H-pyrrole nitrogens is 1. The minimum atomic E-state index is -0.811. The summed E-state index contributed by atoms with van der Waals surface area (Å²) in [5, 5.41) is 18.4. The molecule has 0 amide bonds. The Hall–Kier alpha value is -1.44. The zero-order valence-corrected chi connectivity index (χ0v) is 8.37. The van der Waals surface area contributed by atoms with E-state index in [-0.39, 0.29) is 13.0 Å². The van der Waals surface area contributed by atoms with E-state index in [0.29, 0.717) is 0 Å². The van der Waals surface area contributed by atoms with Crippen LogP contribution in [0.5, 0.6) is 0 Å². The van der Waals surface area contributed by atoms with Crippen LogP contribution in [-0.2, 0) is 4.74 Å². The zero-order valence-electron chi connectivity index (χ0n) is 8.37. The maximum atomic E-state index is 11.4. The van der Waals surface area contributed by atoms with Crippen LogP contribution in [0.4, 0.5) is 0 Å². The topological polar surface area (TPSA) is 105 Å². The number of rotatable bonds is 2. The molecule has 1 aromatic heterocycles. The van der Waals surface area contributed by atoms with Crippen LogP contribution in [0.2, 0.25) is 0 Å². The van der Waals surface area contributed by atoms with Gasteiger partial charge in [0.05, 0.1) is 12.7 Å². The highest BCUT2D eigenvalue weighted by atomic mass is 16.7. The molecule has 1 aromatic rings. The first-order valence-corrected chi connectivity index (χ1v) is 4.87. The average molecular weight is 233 g/mol. The monoisotopic (exact) mass is 233 g/mol. The van der Waals surface area contributed by atoms with Crippen molar-refractivity contribution in [3.63, 3.8) is 0 Å². The van der Waals surface area contributed by atoms with Crippen LogP contribution in [-0.4, -0.2) is 38.6 Å². The summed E-state index contributed by atoms with van der Waals surface area (Å²) in [6.45, 7) is -0.310. The van der Waals surface area contributed by atoms with Gasteiger partial charge in [-0.25, -0.2) is 4.79 Å². The fraction of sp³-hybridized carbons (Fsp3) is 0.556. The Bertz CT molecular complexity index is 479. The Balaban J connectivity index is 2.27. The highest BCUT2D eigenvalue weighted by Crippen LogP contribution is 2.26. The van der Waals surface area contributed by atoms with Crippen molar-refractivity contribution in [2.45, 2.75) is 24.9 Å². The third kappa shape index (κ3) is 1.92. The Labute approximate surface area is 89.9 Å². The van der Waals surface area contributed by atoms with E-state index in [9.17, 15) is 14.7 Å². The molecule has 7 nitrogen and oxygen atoms in total. The maximum absolute atomic E-state index is 11.4. The number of aromatic nitrogens is 2. The summed E-state index contributed by atoms with van der Waals surface area (Å²) in [5.41, 5.74) is -1.08. The molecule has 1 saturated heterocycles. The molecule has 0 radical (unpaired) electrons. The Morgan fingerprint density at radius 1 is 1.56 bits per heavy atom. The summed E-state index contributed by atoms with van der Waals surface area (Å²) in [4.78, 5) is 24.3. The summed E-state index contributed by atoms with van der Waals surface area (Å²) in [5.74, 6) is 0. The van der Waals surface area contributed by atoms with E-state index in [4.69, 9.17) is 9.84 Å².